The molecule has 0 unspecified atom stereocenters. The third-order valence-corrected chi connectivity index (χ3v) is 6.93. The van der Waals surface area contributed by atoms with E-state index in [-0.39, 0.29) is 10.5 Å². The van der Waals surface area contributed by atoms with Gasteiger partial charge >= 0.3 is 5.97 Å². The summed E-state index contributed by atoms with van der Waals surface area (Å²) in [6.45, 7) is 3.77. The molecule has 3 rings (SSSR count). The van der Waals surface area contributed by atoms with Crippen molar-refractivity contribution in [3.63, 3.8) is 0 Å². The van der Waals surface area contributed by atoms with Gasteiger partial charge in [-0.1, -0.05) is 38.1 Å². The summed E-state index contributed by atoms with van der Waals surface area (Å²) in [5, 5.41) is 2.58. The summed E-state index contributed by atoms with van der Waals surface area (Å²) in [4.78, 5) is 24.7. The van der Waals surface area contributed by atoms with E-state index in [4.69, 9.17) is 9.47 Å². The van der Waals surface area contributed by atoms with E-state index in [1.165, 1.54) is 34.6 Å². The molecule has 178 valence electrons. The zero-order valence-corrected chi connectivity index (χ0v) is 19.7. The van der Waals surface area contributed by atoms with Gasteiger partial charge in [-0.3, -0.25) is 4.79 Å². The van der Waals surface area contributed by atoms with Crippen molar-refractivity contribution in [2.45, 2.75) is 18.7 Å². The number of nitrogens with one attached hydrogen (secondary N) is 1. The number of carbonyl (C=O) groups is 2. The van der Waals surface area contributed by atoms with Crippen molar-refractivity contribution in [3.8, 4) is 11.5 Å². The van der Waals surface area contributed by atoms with Crippen molar-refractivity contribution in [3.05, 3.63) is 84.4 Å². The van der Waals surface area contributed by atoms with Gasteiger partial charge in [0.15, 0.2) is 6.61 Å². The molecule has 0 aliphatic heterocycles. The fourth-order valence-corrected chi connectivity index (χ4v) is 4.60. The van der Waals surface area contributed by atoms with Gasteiger partial charge in [0.1, 0.15) is 11.5 Å². The molecule has 3 aromatic carbocycles. The first-order valence-corrected chi connectivity index (χ1v) is 12.2. The lowest BCUT2D eigenvalue weighted by Crippen LogP contribution is -2.30. The summed E-state index contributed by atoms with van der Waals surface area (Å²) in [5.41, 5.74) is 0.630. The second-order valence-electron chi connectivity index (χ2n) is 7.18. The molecular formula is C25H26N2O6S. The summed E-state index contributed by atoms with van der Waals surface area (Å²) in [6.07, 6.45) is 0. The summed E-state index contributed by atoms with van der Waals surface area (Å²) >= 11 is 0. The van der Waals surface area contributed by atoms with Gasteiger partial charge in [-0.15, -0.1) is 0 Å². The minimum Gasteiger partial charge on any atom is -0.457 e. The van der Waals surface area contributed by atoms with Crippen LogP contribution in [-0.2, 0) is 19.6 Å². The van der Waals surface area contributed by atoms with Crippen LogP contribution in [0.25, 0.3) is 0 Å². The number of rotatable bonds is 10. The highest BCUT2D eigenvalue weighted by Crippen LogP contribution is 2.22. The fraction of sp³-hybridized carbons (Fsp3) is 0.200. The monoisotopic (exact) mass is 482 g/mol. The van der Waals surface area contributed by atoms with Crippen LogP contribution in [0.15, 0.2) is 83.8 Å². The van der Waals surface area contributed by atoms with Gasteiger partial charge in [0.2, 0.25) is 10.0 Å². The van der Waals surface area contributed by atoms with Crippen LogP contribution >= 0.6 is 0 Å². The van der Waals surface area contributed by atoms with Gasteiger partial charge in [0.25, 0.3) is 5.91 Å². The fourth-order valence-electron chi connectivity index (χ4n) is 3.15. The standard InChI is InChI=1S/C25H26N2O6S/c1-3-27(4-2)34(30,31)23-15-13-20(14-16-23)26-24(28)18-32-25(29)19-9-8-12-22(17-19)33-21-10-6-5-7-11-21/h5-17H,3-4,18H2,1-2H3,(H,26,28). The van der Waals surface area contributed by atoms with E-state index in [1.807, 2.05) is 18.2 Å². The lowest BCUT2D eigenvalue weighted by Gasteiger charge is -2.18. The predicted molar refractivity (Wildman–Crippen MR) is 128 cm³/mol. The van der Waals surface area contributed by atoms with Gasteiger partial charge in [0, 0.05) is 18.8 Å². The van der Waals surface area contributed by atoms with E-state index >= 15 is 0 Å². The Morgan fingerprint density at radius 3 is 2.15 bits per heavy atom. The molecule has 0 fully saturated rings. The Morgan fingerprint density at radius 2 is 1.50 bits per heavy atom. The number of para-hydroxylation sites is 1. The minimum atomic E-state index is -3.58. The van der Waals surface area contributed by atoms with Crippen LogP contribution in [0.3, 0.4) is 0 Å². The van der Waals surface area contributed by atoms with Crippen LogP contribution in [0.2, 0.25) is 0 Å². The Hall–Kier alpha value is -3.69. The van der Waals surface area contributed by atoms with Gasteiger partial charge < -0.3 is 14.8 Å². The summed E-state index contributed by atoms with van der Waals surface area (Å²) in [6, 6.07) is 21.4. The topological polar surface area (TPSA) is 102 Å². The molecule has 1 amide bonds. The van der Waals surface area contributed by atoms with Crippen LogP contribution in [0, 0.1) is 0 Å². The predicted octanol–water partition coefficient (Wildman–Crippen LogP) is 4.30. The van der Waals surface area contributed by atoms with E-state index in [0.717, 1.165) is 0 Å². The number of esters is 1. The molecule has 0 saturated heterocycles. The molecule has 0 saturated carbocycles. The van der Waals surface area contributed by atoms with Crippen LogP contribution in [0.4, 0.5) is 5.69 Å². The van der Waals surface area contributed by atoms with Crippen LogP contribution in [0.1, 0.15) is 24.2 Å². The molecule has 8 nitrogen and oxygen atoms in total. The Bertz CT molecular complexity index is 1220. The van der Waals surface area contributed by atoms with Gasteiger partial charge in [-0.25, -0.2) is 13.2 Å². The molecule has 0 heterocycles. The third-order valence-electron chi connectivity index (χ3n) is 4.86. The molecule has 9 heteroatoms. The van der Waals surface area contributed by atoms with Crippen molar-refractivity contribution in [2.75, 3.05) is 25.0 Å². The maximum Gasteiger partial charge on any atom is 0.338 e. The molecule has 1 N–H and O–H groups in total. The van der Waals surface area contributed by atoms with Gasteiger partial charge in [-0.2, -0.15) is 4.31 Å². The normalized spacial score (nSPS) is 11.1. The molecule has 34 heavy (non-hydrogen) atoms. The van der Waals surface area contributed by atoms with E-state index in [0.29, 0.717) is 30.3 Å². The van der Waals surface area contributed by atoms with Crippen LogP contribution in [0.5, 0.6) is 11.5 Å². The first-order chi connectivity index (χ1) is 16.3. The van der Waals surface area contributed by atoms with Crippen molar-refractivity contribution in [1.82, 2.24) is 4.31 Å². The lowest BCUT2D eigenvalue weighted by atomic mass is 10.2. The lowest BCUT2D eigenvalue weighted by molar-refractivity contribution is -0.119. The number of amides is 1. The van der Waals surface area contributed by atoms with Crippen molar-refractivity contribution in [1.29, 1.82) is 0 Å². The van der Waals surface area contributed by atoms with E-state index in [9.17, 15) is 18.0 Å². The molecule has 0 radical (unpaired) electrons. The quantitative estimate of drug-likeness (QED) is 0.432. The third kappa shape index (κ3) is 6.43. The Morgan fingerprint density at radius 1 is 0.853 bits per heavy atom. The molecule has 0 aliphatic carbocycles. The molecular weight excluding hydrogens is 456 g/mol. The first kappa shape index (κ1) is 24.9. The number of hydrogen-bond donors (Lipinski definition) is 1. The maximum absolute atomic E-state index is 12.5. The summed E-state index contributed by atoms with van der Waals surface area (Å²) in [7, 11) is -3.58. The smallest absolute Gasteiger partial charge is 0.338 e. The number of carbonyl (C=O) groups excluding carboxylic acids is 2. The van der Waals surface area contributed by atoms with Gasteiger partial charge in [-0.05, 0) is 54.6 Å². The largest absolute Gasteiger partial charge is 0.457 e. The summed E-state index contributed by atoms with van der Waals surface area (Å²) in [5.74, 6) is -0.133. The molecule has 0 aromatic heterocycles. The number of nitrogens with zero attached hydrogens (tertiary/aromatic N) is 1. The van der Waals surface area contributed by atoms with Crippen LogP contribution < -0.4 is 10.1 Å². The average molecular weight is 483 g/mol. The number of ether oxygens (including phenoxy) is 2. The Kier molecular flexibility index (Phi) is 8.39. The number of sulfonamides is 1. The average Bonchev–Trinajstić information content (AvgIpc) is 2.84. The summed E-state index contributed by atoms with van der Waals surface area (Å²) < 4.78 is 37.2. The molecule has 0 atom stereocenters. The van der Waals surface area contributed by atoms with E-state index in [1.54, 1.807) is 44.2 Å². The van der Waals surface area contributed by atoms with E-state index < -0.39 is 28.5 Å². The molecule has 3 aromatic rings. The number of hydrogen-bond acceptors (Lipinski definition) is 6. The highest BCUT2D eigenvalue weighted by molar-refractivity contribution is 7.89. The number of benzene rings is 3. The van der Waals surface area contributed by atoms with Crippen molar-refractivity contribution < 1.29 is 27.5 Å². The van der Waals surface area contributed by atoms with Crippen LogP contribution in [-0.4, -0.2) is 44.3 Å². The highest BCUT2D eigenvalue weighted by Gasteiger charge is 2.21. The highest BCUT2D eigenvalue weighted by atomic mass is 32.2. The second-order valence-corrected chi connectivity index (χ2v) is 9.12. The molecule has 0 aliphatic rings. The number of anilines is 1. The zero-order valence-electron chi connectivity index (χ0n) is 18.9. The second kappa shape index (κ2) is 11.4. The SMILES string of the molecule is CCN(CC)S(=O)(=O)c1ccc(NC(=O)COC(=O)c2cccc(Oc3ccccc3)c2)cc1. The zero-order chi connectivity index (χ0) is 24.6. The van der Waals surface area contributed by atoms with Crippen molar-refractivity contribution in [2.24, 2.45) is 0 Å². The van der Waals surface area contributed by atoms with Gasteiger partial charge in [0.05, 0.1) is 10.5 Å². The molecule has 0 spiro atoms. The first-order valence-electron chi connectivity index (χ1n) is 10.7. The van der Waals surface area contributed by atoms with Crippen molar-refractivity contribution >= 4 is 27.6 Å². The minimum absolute atomic E-state index is 0.137. The molecule has 0 bridgehead atoms. The maximum atomic E-state index is 12.5. The Labute approximate surface area is 199 Å². The van der Waals surface area contributed by atoms with E-state index in [2.05, 4.69) is 5.32 Å². The Balaban J connectivity index is 1.55.